The molecule has 3 aromatic carbocycles. The molecule has 1 aliphatic rings. The number of anilines is 1. The summed E-state index contributed by atoms with van der Waals surface area (Å²) in [6, 6.07) is 18.2. The van der Waals surface area contributed by atoms with Gasteiger partial charge in [0.1, 0.15) is 24.5 Å². The Hall–Kier alpha value is -5.07. The first-order valence-electron chi connectivity index (χ1n) is 15.5. The molecule has 0 spiro atoms. The number of aromatic nitrogens is 5. The molecule has 0 radical (unpaired) electrons. The Kier molecular flexibility index (Phi) is 8.00. The Morgan fingerprint density at radius 1 is 0.917 bits per heavy atom. The van der Waals surface area contributed by atoms with Crippen LogP contribution in [-0.2, 0) is 11.5 Å². The van der Waals surface area contributed by atoms with Gasteiger partial charge in [-0.25, -0.2) is 34.0 Å². The highest BCUT2D eigenvalue weighted by molar-refractivity contribution is 8.32. The fraction of sp³-hybridized carbons (Fsp3) is 0.250. The van der Waals surface area contributed by atoms with Gasteiger partial charge in [-0.1, -0.05) is 12.1 Å². The number of halogens is 1. The number of hydrogen-bond acceptors (Lipinski definition) is 7. The van der Waals surface area contributed by atoms with Crippen molar-refractivity contribution in [1.29, 1.82) is 0 Å². The highest BCUT2D eigenvalue weighted by atomic mass is 32.3. The zero-order chi connectivity index (χ0) is 33.7. The minimum atomic E-state index is -0.692. The summed E-state index contributed by atoms with van der Waals surface area (Å²) >= 11 is 0. The van der Waals surface area contributed by atoms with Crippen molar-refractivity contribution in [1.82, 2.24) is 24.3 Å². The highest BCUT2D eigenvalue weighted by Gasteiger charge is 2.39. The molecule has 1 aliphatic heterocycles. The minimum absolute atomic E-state index is 0.0316. The number of amides is 2. The maximum Gasteiger partial charge on any atom is 0.267 e. The van der Waals surface area contributed by atoms with E-state index in [1.165, 1.54) is 18.2 Å². The molecule has 0 bridgehead atoms. The molecule has 246 valence electrons. The number of fused-ring (bicyclic) bond motifs is 3. The van der Waals surface area contributed by atoms with E-state index < -0.39 is 33.8 Å². The van der Waals surface area contributed by atoms with Crippen LogP contribution in [0.15, 0.2) is 79.1 Å². The first kappa shape index (κ1) is 31.5. The average molecular weight is 667 g/mol. The Balaban J connectivity index is 1.31. The molecule has 0 saturated heterocycles. The number of ether oxygens (including phenoxy) is 2. The van der Waals surface area contributed by atoms with Gasteiger partial charge >= 0.3 is 0 Å². The van der Waals surface area contributed by atoms with Gasteiger partial charge in [-0.15, -0.1) is 0 Å². The maximum absolute atomic E-state index is 14.4. The van der Waals surface area contributed by atoms with Crippen molar-refractivity contribution < 1.29 is 23.5 Å². The van der Waals surface area contributed by atoms with Crippen molar-refractivity contribution in [3.63, 3.8) is 0 Å². The molecule has 7 rings (SSSR count). The van der Waals surface area contributed by atoms with E-state index in [2.05, 4.69) is 28.8 Å². The first-order chi connectivity index (χ1) is 23.0. The second-order valence-electron chi connectivity index (χ2n) is 12.7. The Labute approximate surface area is 278 Å². The summed E-state index contributed by atoms with van der Waals surface area (Å²) in [6.07, 6.45) is 9.67. The number of carbonyl (C=O) groups excluding carboxylic acids is 2. The lowest BCUT2D eigenvalue weighted by molar-refractivity contribution is 0.0908. The summed E-state index contributed by atoms with van der Waals surface area (Å²) in [6.45, 7) is 4.80. The van der Waals surface area contributed by atoms with Gasteiger partial charge in [0.2, 0.25) is 0 Å². The van der Waals surface area contributed by atoms with Crippen LogP contribution < -0.4 is 9.64 Å². The van der Waals surface area contributed by atoms with E-state index in [0.29, 0.717) is 24.2 Å². The summed E-state index contributed by atoms with van der Waals surface area (Å²) in [5.41, 5.74) is 4.11. The van der Waals surface area contributed by atoms with Crippen molar-refractivity contribution in [3.8, 4) is 11.4 Å². The third-order valence-electron chi connectivity index (χ3n) is 8.37. The predicted octanol–water partition coefficient (Wildman–Crippen LogP) is 6.83. The summed E-state index contributed by atoms with van der Waals surface area (Å²) in [4.78, 5) is 37.7. The number of imidazole rings is 1. The van der Waals surface area contributed by atoms with Gasteiger partial charge in [0.25, 0.3) is 11.8 Å². The Morgan fingerprint density at radius 2 is 1.67 bits per heavy atom. The molecule has 2 amide bonds. The van der Waals surface area contributed by atoms with E-state index in [0.717, 1.165) is 38.8 Å². The second-order valence-corrected chi connectivity index (χ2v) is 17.3. The Bertz CT molecular complexity index is 2170. The Morgan fingerprint density at radius 3 is 2.35 bits per heavy atom. The molecule has 4 heterocycles. The van der Waals surface area contributed by atoms with Crippen molar-refractivity contribution in [3.05, 3.63) is 107 Å². The van der Waals surface area contributed by atoms with Crippen LogP contribution in [0.3, 0.4) is 0 Å². The second kappa shape index (κ2) is 12.2. The molecule has 48 heavy (non-hydrogen) atoms. The van der Waals surface area contributed by atoms with E-state index in [1.807, 2.05) is 42.8 Å². The number of imide groups is 1. The average Bonchev–Trinajstić information content (AvgIpc) is 3.75. The number of pyridine rings is 1. The lowest BCUT2D eigenvalue weighted by Gasteiger charge is -2.24. The van der Waals surface area contributed by atoms with Gasteiger partial charge in [0.15, 0.2) is 11.6 Å². The van der Waals surface area contributed by atoms with Gasteiger partial charge in [0.05, 0.1) is 40.0 Å². The molecule has 0 N–H and O–H groups in total. The van der Waals surface area contributed by atoms with Crippen molar-refractivity contribution in [2.45, 2.75) is 26.7 Å². The van der Waals surface area contributed by atoms with Crippen LogP contribution in [0.4, 0.5) is 10.2 Å². The fourth-order valence-corrected chi connectivity index (χ4v) is 6.48. The number of carbonyl (C=O) groups is 2. The van der Waals surface area contributed by atoms with Crippen molar-refractivity contribution in [2.75, 3.05) is 36.0 Å². The summed E-state index contributed by atoms with van der Waals surface area (Å²) < 4.78 is 30.8. The monoisotopic (exact) mass is 666 g/mol. The zero-order valence-corrected chi connectivity index (χ0v) is 28.1. The quantitative estimate of drug-likeness (QED) is 0.117. The number of aryl methyl sites for hydroxylation is 1. The smallest absolute Gasteiger partial charge is 0.267 e. The van der Waals surface area contributed by atoms with Crippen LogP contribution in [0.25, 0.3) is 27.6 Å². The third kappa shape index (κ3) is 5.82. The lowest BCUT2D eigenvalue weighted by Crippen LogP contribution is -2.31. The standard InChI is InChI=1S/C36H35FN6O4S/c1-22(28-19-32-30(20-31(28)42-14-8-13-38-42)39-23(2)41(32)21-46-15-16-48(3,4)5)47-33-18-24-17-25(37)11-12-29(24)40-34(33)43-35(44)26-9-6-7-10-27(26)36(43)45/h6-14,17-20,22H,15-16,21H2,1-5H3. The van der Waals surface area contributed by atoms with E-state index in [9.17, 15) is 14.0 Å². The topological polar surface area (TPSA) is 104 Å². The van der Waals surface area contributed by atoms with Gasteiger partial charge in [-0.2, -0.15) is 5.10 Å². The van der Waals surface area contributed by atoms with Crippen LogP contribution in [0.1, 0.15) is 45.1 Å². The largest absolute Gasteiger partial charge is 0.482 e. The van der Waals surface area contributed by atoms with E-state index >= 15 is 0 Å². The molecule has 3 aromatic heterocycles. The fourth-order valence-electron chi connectivity index (χ4n) is 5.86. The maximum atomic E-state index is 14.4. The van der Waals surface area contributed by atoms with Crippen LogP contribution in [0.5, 0.6) is 5.75 Å². The van der Waals surface area contributed by atoms with Gasteiger partial charge in [0, 0.05) is 29.1 Å². The van der Waals surface area contributed by atoms with Crippen LogP contribution in [0.2, 0.25) is 0 Å². The molecule has 6 aromatic rings. The van der Waals surface area contributed by atoms with Crippen LogP contribution in [-0.4, -0.2) is 67.3 Å². The summed E-state index contributed by atoms with van der Waals surface area (Å²) in [5, 5.41) is 4.94. The molecular formula is C36H35FN6O4S. The van der Waals surface area contributed by atoms with E-state index in [4.69, 9.17) is 14.5 Å². The molecule has 0 saturated carbocycles. The normalized spacial score (nSPS) is 14.2. The molecular weight excluding hydrogens is 631 g/mol. The number of hydrogen-bond donors (Lipinski definition) is 0. The summed E-state index contributed by atoms with van der Waals surface area (Å²) in [5.74, 6) is 0.527. The van der Waals surface area contributed by atoms with E-state index in [1.54, 1.807) is 41.2 Å². The molecule has 10 nitrogen and oxygen atoms in total. The minimum Gasteiger partial charge on any atom is -0.482 e. The molecule has 1 atom stereocenters. The lowest BCUT2D eigenvalue weighted by atomic mass is 10.1. The number of benzene rings is 3. The van der Waals surface area contributed by atoms with Gasteiger partial charge in [-0.05, 0) is 87.2 Å². The highest BCUT2D eigenvalue weighted by Crippen LogP contribution is 2.39. The first-order valence-corrected chi connectivity index (χ1v) is 18.5. The van der Waals surface area contributed by atoms with Crippen LogP contribution in [0, 0.1) is 12.7 Å². The SMILES string of the molecule is Cc1nc2cc(-n3cccn3)c(C(C)Oc3cc4cc(F)ccc4nc3N3C(=O)c4ccccc4C3=O)cc2n1COCCS(C)(C)C. The summed E-state index contributed by atoms with van der Waals surface area (Å²) in [7, 11) is -0.692. The predicted molar refractivity (Wildman–Crippen MR) is 186 cm³/mol. The zero-order valence-electron chi connectivity index (χ0n) is 27.3. The van der Waals surface area contributed by atoms with Crippen molar-refractivity contribution >= 4 is 49.6 Å². The third-order valence-corrected chi connectivity index (χ3v) is 9.76. The van der Waals surface area contributed by atoms with Crippen molar-refractivity contribution in [2.24, 2.45) is 0 Å². The molecule has 12 heteroatoms. The number of rotatable bonds is 10. The van der Waals surface area contributed by atoms with Crippen LogP contribution >= 0.6 is 10.0 Å². The van der Waals surface area contributed by atoms with E-state index in [-0.39, 0.29) is 22.7 Å². The molecule has 0 fully saturated rings. The molecule has 0 aliphatic carbocycles. The number of nitrogens with zero attached hydrogens (tertiary/aromatic N) is 6. The van der Waals surface area contributed by atoms with Gasteiger partial charge in [-0.3, -0.25) is 9.59 Å². The van der Waals surface area contributed by atoms with Gasteiger partial charge < -0.3 is 14.0 Å². The molecule has 1 unspecified atom stereocenters.